The van der Waals surface area contributed by atoms with Crippen LogP contribution in [0.5, 0.6) is 0 Å². The number of hydrogen-bond acceptors (Lipinski definition) is 1. The highest BCUT2D eigenvalue weighted by Gasteiger charge is 2.35. The largest absolute Gasteiger partial charge is 0.390 e. The maximum absolute atomic E-state index is 12.5. The lowest BCUT2D eigenvalue weighted by molar-refractivity contribution is -0.139. The average molecular weight is 291 g/mol. The number of halogens is 3. The number of rotatable bonds is 4. The van der Waals surface area contributed by atoms with Crippen molar-refractivity contribution < 1.29 is 13.2 Å². The van der Waals surface area contributed by atoms with Crippen LogP contribution in [0.3, 0.4) is 0 Å². The first-order valence-corrected chi connectivity index (χ1v) is 8.28. The summed E-state index contributed by atoms with van der Waals surface area (Å²) in [7, 11) is 0. The Balaban J connectivity index is 1.89. The molecular formula is C16H28F3N. The number of nitrogens with one attached hydrogen (secondary N) is 1. The predicted molar refractivity (Wildman–Crippen MR) is 75.6 cm³/mol. The Morgan fingerprint density at radius 2 is 1.55 bits per heavy atom. The molecule has 2 rings (SSSR count). The first kappa shape index (κ1) is 16.1. The highest BCUT2D eigenvalue weighted by atomic mass is 19.4. The third-order valence-electron chi connectivity index (χ3n) is 5.11. The minimum Gasteiger partial charge on any atom is -0.311 e. The second kappa shape index (κ2) is 7.15. The molecule has 0 aromatic rings. The van der Waals surface area contributed by atoms with E-state index in [-0.39, 0.29) is 0 Å². The average Bonchev–Trinajstić information content (AvgIpc) is 2.38. The smallest absolute Gasteiger partial charge is 0.311 e. The van der Waals surface area contributed by atoms with Crippen molar-refractivity contribution in [2.45, 2.75) is 89.4 Å². The second-order valence-corrected chi connectivity index (χ2v) is 6.84. The zero-order chi connectivity index (χ0) is 14.6. The van der Waals surface area contributed by atoms with E-state index >= 15 is 0 Å². The van der Waals surface area contributed by atoms with Crippen LogP contribution >= 0.6 is 0 Å². The maximum Gasteiger partial charge on any atom is 0.390 e. The van der Waals surface area contributed by atoms with Crippen LogP contribution in [0.15, 0.2) is 0 Å². The lowest BCUT2D eigenvalue weighted by Crippen LogP contribution is -2.47. The van der Waals surface area contributed by atoms with Gasteiger partial charge < -0.3 is 5.32 Å². The molecule has 0 radical (unpaired) electrons. The van der Waals surface area contributed by atoms with Gasteiger partial charge in [-0.05, 0) is 31.6 Å². The van der Waals surface area contributed by atoms with E-state index in [9.17, 15) is 13.2 Å². The Hall–Kier alpha value is -0.250. The predicted octanol–water partition coefficient (Wildman–Crippen LogP) is 5.06. The first-order chi connectivity index (χ1) is 9.46. The van der Waals surface area contributed by atoms with E-state index in [1.54, 1.807) is 6.92 Å². The molecule has 2 aliphatic carbocycles. The topological polar surface area (TPSA) is 12.0 Å². The molecule has 0 aromatic carbocycles. The molecule has 2 aliphatic rings. The third-order valence-corrected chi connectivity index (χ3v) is 5.11. The standard InChI is InChI=1S/C16H28F3N/c1-12(11-16(17,18)19)20-15-10-6-5-9-14(15)13-7-3-2-4-8-13/h12-15,20H,2-11H2,1H3. The van der Waals surface area contributed by atoms with Gasteiger partial charge in [-0.2, -0.15) is 13.2 Å². The van der Waals surface area contributed by atoms with E-state index in [2.05, 4.69) is 5.32 Å². The van der Waals surface area contributed by atoms with Crippen LogP contribution in [0.1, 0.15) is 71.1 Å². The molecule has 1 nitrogen and oxygen atoms in total. The quantitative estimate of drug-likeness (QED) is 0.763. The van der Waals surface area contributed by atoms with Gasteiger partial charge in [-0.25, -0.2) is 0 Å². The highest BCUT2D eigenvalue weighted by molar-refractivity contribution is 4.88. The van der Waals surface area contributed by atoms with Crippen LogP contribution in [0.2, 0.25) is 0 Å². The van der Waals surface area contributed by atoms with Gasteiger partial charge >= 0.3 is 6.18 Å². The Labute approximate surface area is 120 Å². The fourth-order valence-corrected chi connectivity index (χ4v) is 4.26. The van der Waals surface area contributed by atoms with Gasteiger partial charge in [0.25, 0.3) is 0 Å². The van der Waals surface area contributed by atoms with Crippen LogP contribution in [0.25, 0.3) is 0 Å². The van der Waals surface area contributed by atoms with Gasteiger partial charge in [0, 0.05) is 12.1 Å². The molecule has 0 amide bonds. The van der Waals surface area contributed by atoms with Gasteiger partial charge in [0.1, 0.15) is 0 Å². The Morgan fingerprint density at radius 3 is 2.20 bits per heavy atom. The van der Waals surface area contributed by atoms with Gasteiger partial charge in [-0.15, -0.1) is 0 Å². The number of alkyl halides is 3. The van der Waals surface area contributed by atoms with Gasteiger partial charge in [-0.3, -0.25) is 0 Å². The van der Waals surface area contributed by atoms with Crippen molar-refractivity contribution in [1.29, 1.82) is 0 Å². The van der Waals surface area contributed by atoms with Gasteiger partial charge in [-0.1, -0.05) is 44.9 Å². The molecule has 0 aromatic heterocycles. The molecular weight excluding hydrogens is 263 g/mol. The summed E-state index contributed by atoms with van der Waals surface area (Å²) in [5.41, 5.74) is 0. The van der Waals surface area contributed by atoms with Gasteiger partial charge in [0.05, 0.1) is 6.42 Å². The summed E-state index contributed by atoms with van der Waals surface area (Å²) >= 11 is 0. The van der Waals surface area contributed by atoms with Crippen LogP contribution in [0.4, 0.5) is 13.2 Å². The molecule has 0 spiro atoms. The van der Waals surface area contributed by atoms with E-state index < -0.39 is 18.6 Å². The van der Waals surface area contributed by atoms with E-state index in [1.165, 1.54) is 51.4 Å². The summed E-state index contributed by atoms with van der Waals surface area (Å²) in [6.07, 6.45) is 6.47. The van der Waals surface area contributed by atoms with E-state index in [1.807, 2.05) is 0 Å². The zero-order valence-electron chi connectivity index (χ0n) is 12.5. The second-order valence-electron chi connectivity index (χ2n) is 6.84. The molecule has 0 saturated heterocycles. The van der Waals surface area contributed by atoms with Crippen molar-refractivity contribution in [3.05, 3.63) is 0 Å². The molecule has 4 heteroatoms. The molecule has 0 aliphatic heterocycles. The minimum absolute atomic E-state index is 0.309. The monoisotopic (exact) mass is 291 g/mol. The lowest BCUT2D eigenvalue weighted by atomic mass is 9.71. The van der Waals surface area contributed by atoms with Crippen LogP contribution in [0, 0.1) is 11.8 Å². The molecule has 3 atom stereocenters. The normalized spacial score (nSPS) is 31.2. The SMILES string of the molecule is CC(CC(F)(F)F)NC1CCCCC1C1CCCCC1. The molecule has 1 N–H and O–H groups in total. The summed E-state index contributed by atoms with van der Waals surface area (Å²) in [6, 6.07) is -0.145. The maximum atomic E-state index is 12.5. The first-order valence-electron chi connectivity index (χ1n) is 8.28. The van der Waals surface area contributed by atoms with Gasteiger partial charge in [0.2, 0.25) is 0 Å². The fourth-order valence-electron chi connectivity index (χ4n) is 4.26. The van der Waals surface area contributed by atoms with E-state index in [4.69, 9.17) is 0 Å². The van der Waals surface area contributed by atoms with Crippen molar-refractivity contribution >= 4 is 0 Å². The molecule has 2 fully saturated rings. The number of hydrogen-bond donors (Lipinski definition) is 1. The zero-order valence-corrected chi connectivity index (χ0v) is 12.5. The van der Waals surface area contributed by atoms with Crippen molar-refractivity contribution in [1.82, 2.24) is 5.32 Å². The summed E-state index contributed by atoms with van der Waals surface area (Å²) in [5, 5.41) is 3.30. The van der Waals surface area contributed by atoms with Crippen LogP contribution < -0.4 is 5.32 Å². The molecule has 118 valence electrons. The summed E-state index contributed by atoms with van der Waals surface area (Å²) < 4.78 is 37.4. The molecule has 0 bridgehead atoms. The van der Waals surface area contributed by atoms with Crippen molar-refractivity contribution in [2.75, 3.05) is 0 Å². The lowest BCUT2D eigenvalue weighted by Gasteiger charge is -2.40. The Kier molecular flexibility index (Phi) is 5.76. The fraction of sp³-hybridized carbons (Fsp3) is 1.00. The van der Waals surface area contributed by atoms with E-state index in [0.717, 1.165) is 12.3 Å². The van der Waals surface area contributed by atoms with Crippen LogP contribution in [-0.4, -0.2) is 18.3 Å². The molecule has 3 unspecified atom stereocenters. The third kappa shape index (κ3) is 4.94. The molecule has 2 saturated carbocycles. The molecule has 20 heavy (non-hydrogen) atoms. The van der Waals surface area contributed by atoms with Crippen molar-refractivity contribution in [3.63, 3.8) is 0 Å². The Bertz CT molecular complexity index is 284. The van der Waals surface area contributed by atoms with E-state index in [0.29, 0.717) is 12.0 Å². The highest BCUT2D eigenvalue weighted by Crippen LogP contribution is 2.38. The Morgan fingerprint density at radius 1 is 0.950 bits per heavy atom. The summed E-state index contributed by atoms with van der Waals surface area (Å²) in [4.78, 5) is 0. The van der Waals surface area contributed by atoms with Gasteiger partial charge in [0.15, 0.2) is 0 Å². The summed E-state index contributed by atoms with van der Waals surface area (Å²) in [5.74, 6) is 1.36. The van der Waals surface area contributed by atoms with Crippen molar-refractivity contribution in [2.24, 2.45) is 11.8 Å². The molecule has 0 heterocycles. The summed E-state index contributed by atoms with van der Waals surface area (Å²) in [6.45, 7) is 1.68. The van der Waals surface area contributed by atoms with Crippen molar-refractivity contribution in [3.8, 4) is 0 Å². The van der Waals surface area contributed by atoms with Crippen LogP contribution in [-0.2, 0) is 0 Å². The minimum atomic E-state index is -4.05.